The summed E-state index contributed by atoms with van der Waals surface area (Å²) < 4.78 is 5.22. The minimum atomic E-state index is -0.337. The highest BCUT2D eigenvalue weighted by molar-refractivity contribution is 6.05. The molecule has 2 aliphatic rings. The number of ketones is 1. The van der Waals surface area contributed by atoms with Crippen LogP contribution in [0.5, 0.6) is 5.75 Å². The van der Waals surface area contributed by atoms with Crippen molar-refractivity contribution in [1.29, 1.82) is 0 Å². The molecule has 1 spiro atoms. The Bertz CT molecular complexity index is 530. The first kappa shape index (κ1) is 10.3. The standard InChI is InChI=1S/C15H14O2/c1-17-12-5-6-13-11(10-12)4-7-14(16)15(13)8-2-3-9-15/h2-7,10H,8-9H2,1H3. The summed E-state index contributed by atoms with van der Waals surface area (Å²) in [5, 5.41) is 0. The van der Waals surface area contributed by atoms with Crippen LogP contribution in [0.1, 0.15) is 24.0 Å². The average molecular weight is 226 g/mol. The molecule has 0 radical (unpaired) electrons. The first-order chi connectivity index (χ1) is 8.26. The van der Waals surface area contributed by atoms with Crippen molar-refractivity contribution in [2.24, 2.45) is 0 Å². The molecule has 0 N–H and O–H groups in total. The van der Waals surface area contributed by atoms with E-state index in [4.69, 9.17) is 4.74 Å². The van der Waals surface area contributed by atoms with Crippen LogP contribution < -0.4 is 4.74 Å². The summed E-state index contributed by atoms with van der Waals surface area (Å²) in [6, 6.07) is 5.96. The fourth-order valence-corrected chi connectivity index (χ4v) is 2.77. The Balaban J connectivity index is 2.16. The van der Waals surface area contributed by atoms with Crippen LogP contribution in [-0.2, 0) is 10.2 Å². The predicted molar refractivity (Wildman–Crippen MR) is 67.1 cm³/mol. The van der Waals surface area contributed by atoms with E-state index in [1.54, 1.807) is 13.2 Å². The maximum absolute atomic E-state index is 12.2. The zero-order chi connectivity index (χ0) is 11.9. The van der Waals surface area contributed by atoms with Crippen LogP contribution in [0.2, 0.25) is 0 Å². The van der Waals surface area contributed by atoms with E-state index in [1.807, 2.05) is 24.3 Å². The van der Waals surface area contributed by atoms with E-state index in [0.717, 1.165) is 29.7 Å². The summed E-state index contributed by atoms with van der Waals surface area (Å²) in [6.45, 7) is 0. The quantitative estimate of drug-likeness (QED) is 0.688. The lowest BCUT2D eigenvalue weighted by Crippen LogP contribution is -2.34. The van der Waals surface area contributed by atoms with Gasteiger partial charge in [-0.2, -0.15) is 0 Å². The van der Waals surface area contributed by atoms with Gasteiger partial charge in [0.25, 0.3) is 0 Å². The molecule has 0 saturated heterocycles. The third kappa shape index (κ3) is 1.37. The van der Waals surface area contributed by atoms with Crippen molar-refractivity contribution in [2.45, 2.75) is 18.3 Å². The Morgan fingerprint density at radius 3 is 2.65 bits per heavy atom. The van der Waals surface area contributed by atoms with Crippen LogP contribution in [0.3, 0.4) is 0 Å². The largest absolute Gasteiger partial charge is 0.497 e. The lowest BCUT2D eigenvalue weighted by atomic mass is 9.70. The zero-order valence-electron chi connectivity index (χ0n) is 9.77. The van der Waals surface area contributed by atoms with Gasteiger partial charge in [0.05, 0.1) is 12.5 Å². The highest BCUT2D eigenvalue weighted by Gasteiger charge is 2.41. The van der Waals surface area contributed by atoms with Gasteiger partial charge in [0.15, 0.2) is 5.78 Å². The second kappa shape index (κ2) is 3.59. The molecule has 2 heteroatoms. The van der Waals surface area contributed by atoms with Crippen molar-refractivity contribution in [3.8, 4) is 5.75 Å². The highest BCUT2D eigenvalue weighted by Crippen LogP contribution is 2.43. The monoisotopic (exact) mass is 226 g/mol. The molecule has 86 valence electrons. The summed E-state index contributed by atoms with van der Waals surface area (Å²) in [4.78, 5) is 12.2. The Labute approximate surface area is 101 Å². The van der Waals surface area contributed by atoms with Crippen LogP contribution in [0.25, 0.3) is 6.08 Å². The molecule has 17 heavy (non-hydrogen) atoms. The van der Waals surface area contributed by atoms with E-state index < -0.39 is 0 Å². The van der Waals surface area contributed by atoms with E-state index >= 15 is 0 Å². The van der Waals surface area contributed by atoms with Crippen molar-refractivity contribution >= 4 is 11.9 Å². The van der Waals surface area contributed by atoms with Crippen molar-refractivity contribution in [3.63, 3.8) is 0 Å². The molecule has 0 unspecified atom stereocenters. The number of ether oxygens (including phenoxy) is 1. The molecule has 3 rings (SSSR count). The number of carbonyl (C=O) groups is 1. The average Bonchev–Trinajstić information content (AvgIpc) is 2.84. The summed E-state index contributed by atoms with van der Waals surface area (Å²) in [6.07, 6.45) is 9.43. The second-order valence-corrected chi connectivity index (χ2v) is 4.61. The van der Waals surface area contributed by atoms with Crippen LogP contribution in [0, 0.1) is 0 Å². The number of benzene rings is 1. The van der Waals surface area contributed by atoms with Gasteiger partial charge in [-0.1, -0.05) is 24.3 Å². The zero-order valence-corrected chi connectivity index (χ0v) is 9.77. The number of carbonyl (C=O) groups excluding carboxylic acids is 1. The maximum atomic E-state index is 12.2. The van der Waals surface area contributed by atoms with Crippen molar-refractivity contribution in [1.82, 2.24) is 0 Å². The van der Waals surface area contributed by atoms with Gasteiger partial charge < -0.3 is 4.74 Å². The fraction of sp³-hybridized carbons (Fsp3) is 0.267. The molecular formula is C15H14O2. The molecule has 0 fully saturated rings. The van der Waals surface area contributed by atoms with Crippen molar-refractivity contribution in [2.75, 3.05) is 7.11 Å². The molecule has 0 bridgehead atoms. The van der Waals surface area contributed by atoms with Crippen LogP contribution in [0.15, 0.2) is 36.4 Å². The van der Waals surface area contributed by atoms with E-state index in [9.17, 15) is 4.79 Å². The number of hydrogen-bond donors (Lipinski definition) is 0. The van der Waals surface area contributed by atoms with Crippen LogP contribution in [0.4, 0.5) is 0 Å². The topological polar surface area (TPSA) is 26.3 Å². The maximum Gasteiger partial charge on any atom is 0.166 e. The smallest absolute Gasteiger partial charge is 0.166 e. The molecule has 0 amide bonds. The van der Waals surface area contributed by atoms with E-state index in [2.05, 4.69) is 12.2 Å². The van der Waals surface area contributed by atoms with Crippen molar-refractivity contribution in [3.05, 3.63) is 47.6 Å². The molecule has 0 atom stereocenters. The van der Waals surface area contributed by atoms with Gasteiger partial charge in [-0.15, -0.1) is 0 Å². The minimum absolute atomic E-state index is 0.222. The van der Waals surface area contributed by atoms with Crippen molar-refractivity contribution < 1.29 is 9.53 Å². The third-order valence-electron chi connectivity index (χ3n) is 3.76. The van der Waals surface area contributed by atoms with Gasteiger partial charge in [0, 0.05) is 0 Å². The van der Waals surface area contributed by atoms with E-state index in [0.29, 0.717) is 0 Å². The lowest BCUT2D eigenvalue weighted by Gasteiger charge is -2.31. The van der Waals surface area contributed by atoms with E-state index in [-0.39, 0.29) is 11.2 Å². The van der Waals surface area contributed by atoms with Gasteiger partial charge in [0.2, 0.25) is 0 Å². The van der Waals surface area contributed by atoms with E-state index in [1.165, 1.54) is 0 Å². The molecule has 2 nitrogen and oxygen atoms in total. The summed E-state index contributed by atoms with van der Waals surface area (Å²) in [5.74, 6) is 1.06. The first-order valence-corrected chi connectivity index (χ1v) is 5.82. The molecule has 2 aliphatic carbocycles. The summed E-state index contributed by atoms with van der Waals surface area (Å²) in [7, 11) is 1.66. The molecule has 0 aliphatic heterocycles. The Morgan fingerprint density at radius 2 is 1.94 bits per heavy atom. The predicted octanol–water partition coefficient (Wildman–Crippen LogP) is 2.88. The highest BCUT2D eigenvalue weighted by atomic mass is 16.5. The van der Waals surface area contributed by atoms with Gasteiger partial charge >= 0.3 is 0 Å². The summed E-state index contributed by atoms with van der Waals surface area (Å²) >= 11 is 0. The van der Waals surface area contributed by atoms with Gasteiger partial charge in [-0.25, -0.2) is 0 Å². The minimum Gasteiger partial charge on any atom is -0.497 e. The van der Waals surface area contributed by atoms with Gasteiger partial charge in [-0.05, 0) is 42.2 Å². The molecule has 1 aromatic carbocycles. The normalized spacial score (nSPS) is 19.7. The van der Waals surface area contributed by atoms with Crippen LogP contribution in [-0.4, -0.2) is 12.9 Å². The first-order valence-electron chi connectivity index (χ1n) is 5.82. The Kier molecular flexibility index (Phi) is 2.18. The Morgan fingerprint density at radius 1 is 1.18 bits per heavy atom. The molecule has 0 saturated carbocycles. The molecule has 0 heterocycles. The molecule has 0 aromatic heterocycles. The van der Waals surface area contributed by atoms with Gasteiger partial charge in [0.1, 0.15) is 5.75 Å². The second-order valence-electron chi connectivity index (χ2n) is 4.61. The lowest BCUT2D eigenvalue weighted by molar-refractivity contribution is -0.119. The number of hydrogen-bond acceptors (Lipinski definition) is 2. The molecule has 1 aromatic rings. The third-order valence-corrected chi connectivity index (χ3v) is 3.76. The fourth-order valence-electron chi connectivity index (χ4n) is 2.77. The SMILES string of the molecule is COc1ccc2c(c1)C=CC(=O)C21CC=CC1. The Hall–Kier alpha value is -1.83. The molecular weight excluding hydrogens is 212 g/mol. The van der Waals surface area contributed by atoms with Crippen LogP contribution >= 0.6 is 0 Å². The van der Waals surface area contributed by atoms with Gasteiger partial charge in [-0.3, -0.25) is 4.79 Å². The number of fused-ring (bicyclic) bond motifs is 2. The number of methoxy groups -OCH3 is 1. The number of rotatable bonds is 1. The number of allylic oxidation sites excluding steroid dienone is 3. The summed E-state index contributed by atoms with van der Waals surface area (Å²) in [5.41, 5.74) is 1.90.